The molecule has 0 atom stereocenters. The number of carbonyl (C=O) groups is 2. The van der Waals surface area contributed by atoms with E-state index in [2.05, 4.69) is 5.32 Å². The number of amides is 2. The highest BCUT2D eigenvalue weighted by atomic mass is 35.5. The Labute approximate surface area is 165 Å². The number of hydrogen-bond acceptors (Lipinski definition) is 4. The Bertz CT molecular complexity index is 957. The van der Waals surface area contributed by atoms with Crippen LogP contribution in [-0.2, 0) is 9.59 Å². The van der Waals surface area contributed by atoms with Crippen LogP contribution in [0.3, 0.4) is 0 Å². The van der Waals surface area contributed by atoms with Gasteiger partial charge in [0.2, 0.25) is 0 Å². The van der Waals surface area contributed by atoms with Crippen molar-refractivity contribution >= 4 is 58.0 Å². The number of ether oxygens (including phenoxy) is 1. The number of benzene rings is 2. The summed E-state index contributed by atoms with van der Waals surface area (Å²) in [5.41, 5.74) is 1.59. The summed E-state index contributed by atoms with van der Waals surface area (Å²) in [6.45, 7) is 1.86. The van der Waals surface area contributed by atoms with Crippen molar-refractivity contribution in [3.63, 3.8) is 0 Å². The van der Waals surface area contributed by atoms with E-state index in [4.69, 9.17) is 39.5 Å². The van der Waals surface area contributed by atoms with Crippen molar-refractivity contribution in [3.05, 3.63) is 62.7 Å². The fourth-order valence-electron chi connectivity index (χ4n) is 2.48. The quantitative estimate of drug-likeness (QED) is 0.738. The van der Waals surface area contributed by atoms with Crippen LogP contribution in [0.1, 0.15) is 5.56 Å². The Hall–Kier alpha value is -2.21. The molecular weight excluding hydrogens is 399 g/mol. The van der Waals surface area contributed by atoms with E-state index < -0.39 is 11.8 Å². The minimum atomic E-state index is -0.669. The molecule has 2 aromatic carbocycles. The Morgan fingerprint density at radius 2 is 1.73 bits per heavy atom. The van der Waals surface area contributed by atoms with Gasteiger partial charge in [0.15, 0.2) is 0 Å². The number of hydrogen-bond donors (Lipinski definition) is 1. The normalized spacial score (nSPS) is 14.3. The van der Waals surface area contributed by atoms with Gasteiger partial charge in [-0.2, -0.15) is 0 Å². The lowest BCUT2D eigenvalue weighted by Crippen LogP contribution is -2.32. The molecule has 5 nitrogen and oxygen atoms in total. The maximum Gasteiger partial charge on any atom is 0.283 e. The Balaban J connectivity index is 1.97. The molecule has 0 aliphatic carbocycles. The average molecular weight is 412 g/mol. The zero-order valence-corrected chi connectivity index (χ0v) is 16.0. The van der Waals surface area contributed by atoms with Gasteiger partial charge >= 0.3 is 0 Å². The summed E-state index contributed by atoms with van der Waals surface area (Å²) >= 11 is 18.2. The lowest BCUT2D eigenvalue weighted by Gasteiger charge is -2.18. The van der Waals surface area contributed by atoms with Gasteiger partial charge in [-0.15, -0.1) is 0 Å². The van der Waals surface area contributed by atoms with E-state index >= 15 is 0 Å². The summed E-state index contributed by atoms with van der Waals surface area (Å²) in [4.78, 5) is 26.3. The summed E-state index contributed by atoms with van der Waals surface area (Å²) in [5.74, 6) is -0.963. The summed E-state index contributed by atoms with van der Waals surface area (Å²) in [6.07, 6.45) is 0. The second kappa shape index (κ2) is 7.19. The molecule has 0 bridgehead atoms. The van der Waals surface area contributed by atoms with Crippen LogP contribution in [0.5, 0.6) is 5.75 Å². The van der Waals surface area contributed by atoms with Gasteiger partial charge in [0.05, 0.1) is 12.8 Å². The van der Waals surface area contributed by atoms with Crippen LogP contribution in [0.15, 0.2) is 47.1 Å². The molecule has 2 aromatic rings. The zero-order valence-electron chi connectivity index (χ0n) is 13.8. The second-order valence-electron chi connectivity index (χ2n) is 5.54. The largest absolute Gasteiger partial charge is 0.495 e. The van der Waals surface area contributed by atoms with Gasteiger partial charge in [0.25, 0.3) is 11.8 Å². The molecule has 1 aliphatic heterocycles. The number of anilines is 2. The lowest BCUT2D eigenvalue weighted by atomic mass is 10.2. The van der Waals surface area contributed by atoms with Crippen molar-refractivity contribution in [1.82, 2.24) is 0 Å². The smallest absolute Gasteiger partial charge is 0.283 e. The molecule has 0 aromatic heterocycles. The van der Waals surface area contributed by atoms with Crippen LogP contribution in [0.4, 0.5) is 11.4 Å². The Kier molecular flexibility index (Phi) is 5.14. The van der Waals surface area contributed by atoms with Gasteiger partial charge in [0.1, 0.15) is 16.5 Å². The highest BCUT2D eigenvalue weighted by Gasteiger charge is 2.40. The first-order valence-electron chi connectivity index (χ1n) is 7.48. The molecule has 1 aliphatic rings. The van der Waals surface area contributed by atoms with Crippen LogP contribution in [0, 0.1) is 6.92 Å². The predicted molar refractivity (Wildman–Crippen MR) is 103 cm³/mol. The number of rotatable bonds is 4. The summed E-state index contributed by atoms with van der Waals surface area (Å²) in [7, 11) is 1.43. The van der Waals surface area contributed by atoms with Crippen molar-refractivity contribution in [1.29, 1.82) is 0 Å². The summed E-state index contributed by atoms with van der Waals surface area (Å²) < 4.78 is 5.22. The van der Waals surface area contributed by atoms with E-state index in [0.717, 1.165) is 10.5 Å². The third-order valence-corrected chi connectivity index (χ3v) is 4.84. The molecule has 0 fully saturated rings. The van der Waals surface area contributed by atoms with Crippen LogP contribution < -0.4 is 15.0 Å². The van der Waals surface area contributed by atoms with Crippen molar-refractivity contribution < 1.29 is 14.3 Å². The number of methoxy groups -OCH3 is 1. The van der Waals surface area contributed by atoms with E-state index in [-0.39, 0.29) is 16.4 Å². The number of nitrogens with one attached hydrogen (secondary N) is 1. The van der Waals surface area contributed by atoms with E-state index in [1.165, 1.54) is 13.2 Å². The van der Waals surface area contributed by atoms with Gasteiger partial charge in [-0.1, -0.05) is 40.9 Å². The van der Waals surface area contributed by atoms with Gasteiger partial charge in [0, 0.05) is 15.7 Å². The van der Waals surface area contributed by atoms with E-state index in [1.807, 2.05) is 6.92 Å². The first-order valence-corrected chi connectivity index (χ1v) is 8.62. The maximum atomic E-state index is 12.8. The number of nitrogens with zero attached hydrogens (tertiary/aromatic N) is 1. The topological polar surface area (TPSA) is 58.6 Å². The molecule has 8 heteroatoms. The third kappa shape index (κ3) is 3.26. The van der Waals surface area contributed by atoms with Crippen LogP contribution >= 0.6 is 34.8 Å². The monoisotopic (exact) mass is 410 g/mol. The number of aryl methyl sites for hydroxylation is 1. The standard InChI is InChI=1S/C18H13Cl3N2O3/c1-9-3-5-11(8-12(9)20)22-16-15(21)17(24)23(18(16)25)13-7-10(19)4-6-14(13)26-2/h3-8,22H,1-2H3. The number of imide groups is 1. The van der Waals surface area contributed by atoms with Crippen LogP contribution in [0.25, 0.3) is 0 Å². The predicted octanol–water partition coefficient (Wildman–Crippen LogP) is 4.75. The summed E-state index contributed by atoms with van der Waals surface area (Å²) in [6, 6.07) is 9.80. The fraction of sp³-hybridized carbons (Fsp3) is 0.111. The van der Waals surface area contributed by atoms with Crippen molar-refractivity contribution in [2.45, 2.75) is 6.92 Å². The van der Waals surface area contributed by atoms with Gasteiger partial charge in [-0.3, -0.25) is 9.59 Å². The van der Waals surface area contributed by atoms with Gasteiger partial charge in [-0.05, 0) is 42.8 Å². The molecule has 0 saturated heterocycles. The molecule has 0 saturated carbocycles. The third-order valence-electron chi connectivity index (χ3n) is 3.85. The van der Waals surface area contributed by atoms with Crippen LogP contribution in [-0.4, -0.2) is 18.9 Å². The minimum Gasteiger partial charge on any atom is -0.495 e. The van der Waals surface area contributed by atoms with Gasteiger partial charge in [-0.25, -0.2) is 4.90 Å². The van der Waals surface area contributed by atoms with Crippen molar-refractivity contribution in [3.8, 4) is 5.75 Å². The molecule has 134 valence electrons. The molecule has 2 amide bonds. The Morgan fingerprint density at radius 1 is 1.00 bits per heavy atom. The average Bonchev–Trinajstić information content (AvgIpc) is 2.81. The van der Waals surface area contributed by atoms with Crippen LogP contribution in [0.2, 0.25) is 10.0 Å². The minimum absolute atomic E-state index is 0.0429. The SMILES string of the molecule is COc1ccc(Cl)cc1N1C(=O)C(Cl)=C(Nc2ccc(C)c(Cl)c2)C1=O. The number of carbonyl (C=O) groups excluding carboxylic acids is 2. The highest BCUT2D eigenvalue weighted by molar-refractivity contribution is 6.53. The summed E-state index contributed by atoms with van der Waals surface area (Å²) in [5, 5.41) is 3.52. The molecule has 0 radical (unpaired) electrons. The molecule has 26 heavy (non-hydrogen) atoms. The molecule has 1 heterocycles. The molecule has 3 rings (SSSR count). The lowest BCUT2D eigenvalue weighted by molar-refractivity contribution is -0.120. The first kappa shape index (κ1) is 18.6. The van der Waals surface area contributed by atoms with Crippen molar-refractivity contribution in [2.75, 3.05) is 17.3 Å². The molecular formula is C18H13Cl3N2O3. The Morgan fingerprint density at radius 3 is 2.38 bits per heavy atom. The fourth-order valence-corrected chi connectivity index (χ4v) is 3.04. The molecule has 1 N–H and O–H groups in total. The van der Waals surface area contributed by atoms with Crippen molar-refractivity contribution in [2.24, 2.45) is 0 Å². The van der Waals surface area contributed by atoms with E-state index in [0.29, 0.717) is 21.5 Å². The molecule has 0 unspecified atom stereocenters. The van der Waals surface area contributed by atoms with E-state index in [9.17, 15) is 9.59 Å². The van der Waals surface area contributed by atoms with Gasteiger partial charge < -0.3 is 10.1 Å². The maximum absolute atomic E-state index is 12.8. The number of halogens is 3. The second-order valence-corrected chi connectivity index (χ2v) is 6.76. The van der Waals surface area contributed by atoms with E-state index in [1.54, 1.807) is 30.3 Å². The zero-order chi connectivity index (χ0) is 19.0. The first-order chi connectivity index (χ1) is 12.3. The molecule has 0 spiro atoms. The highest BCUT2D eigenvalue weighted by Crippen LogP contribution is 2.37.